The highest BCUT2D eigenvalue weighted by atomic mass is 16.5. The summed E-state index contributed by atoms with van der Waals surface area (Å²) in [5, 5.41) is 12.4. The van der Waals surface area contributed by atoms with Crippen molar-refractivity contribution in [3.8, 4) is 11.5 Å². The molecular weight excluding hydrogens is 254 g/mol. The summed E-state index contributed by atoms with van der Waals surface area (Å²) >= 11 is 0. The van der Waals surface area contributed by atoms with Crippen molar-refractivity contribution in [1.29, 1.82) is 0 Å². The van der Waals surface area contributed by atoms with Crippen LogP contribution >= 0.6 is 0 Å². The average Bonchev–Trinajstić information content (AvgIpc) is 2.52. The minimum atomic E-state index is 0.0430. The first kappa shape index (κ1) is 14.2. The van der Waals surface area contributed by atoms with Crippen LogP contribution in [-0.2, 0) is 13.2 Å². The molecule has 0 aliphatic heterocycles. The Balaban J connectivity index is 2.10. The van der Waals surface area contributed by atoms with Crippen molar-refractivity contribution in [3.05, 3.63) is 53.6 Å². The fourth-order valence-electron chi connectivity index (χ4n) is 1.97. The van der Waals surface area contributed by atoms with Gasteiger partial charge in [0.2, 0.25) is 0 Å². The summed E-state index contributed by atoms with van der Waals surface area (Å²) in [5.74, 6) is 1.56. The van der Waals surface area contributed by atoms with E-state index in [1.807, 2.05) is 42.5 Å². The molecule has 0 fully saturated rings. The lowest BCUT2D eigenvalue weighted by molar-refractivity contribution is 0.282. The molecule has 0 amide bonds. The molecular formula is C16H19NO3. The minimum Gasteiger partial charge on any atom is -0.497 e. The van der Waals surface area contributed by atoms with Crippen molar-refractivity contribution in [2.24, 2.45) is 0 Å². The molecule has 2 aromatic carbocycles. The number of aliphatic hydroxyl groups excluding tert-OH is 1. The molecule has 0 spiro atoms. The number of hydrogen-bond acceptors (Lipinski definition) is 4. The van der Waals surface area contributed by atoms with Crippen LogP contribution in [-0.4, -0.2) is 19.3 Å². The number of nitrogens with one attached hydrogen (secondary N) is 1. The third kappa shape index (κ3) is 3.42. The van der Waals surface area contributed by atoms with Gasteiger partial charge in [0.15, 0.2) is 0 Å². The van der Waals surface area contributed by atoms with Gasteiger partial charge in [0.05, 0.1) is 20.8 Å². The van der Waals surface area contributed by atoms with E-state index in [2.05, 4.69) is 5.32 Å². The second kappa shape index (κ2) is 6.82. The third-order valence-electron chi connectivity index (χ3n) is 3.09. The van der Waals surface area contributed by atoms with E-state index >= 15 is 0 Å². The Morgan fingerprint density at radius 3 is 2.60 bits per heavy atom. The second-order valence-electron chi connectivity index (χ2n) is 4.39. The largest absolute Gasteiger partial charge is 0.497 e. The average molecular weight is 273 g/mol. The lowest BCUT2D eigenvalue weighted by Gasteiger charge is -2.12. The Morgan fingerprint density at radius 2 is 1.90 bits per heavy atom. The summed E-state index contributed by atoms with van der Waals surface area (Å²) in [7, 11) is 3.28. The summed E-state index contributed by atoms with van der Waals surface area (Å²) in [6, 6.07) is 13.4. The van der Waals surface area contributed by atoms with Crippen molar-refractivity contribution in [3.63, 3.8) is 0 Å². The maximum atomic E-state index is 9.13. The number of benzene rings is 2. The van der Waals surface area contributed by atoms with E-state index in [0.29, 0.717) is 6.54 Å². The molecule has 2 aromatic rings. The van der Waals surface area contributed by atoms with Crippen LogP contribution in [0.5, 0.6) is 11.5 Å². The lowest BCUT2D eigenvalue weighted by Crippen LogP contribution is -2.02. The van der Waals surface area contributed by atoms with Crippen LogP contribution in [0.4, 0.5) is 5.69 Å². The predicted octanol–water partition coefficient (Wildman–Crippen LogP) is 2.81. The first-order valence-corrected chi connectivity index (χ1v) is 6.41. The van der Waals surface area contributed by atoms with Crippen LogP contribution in [0.1, 0.15) is 11.1 Å². The zero-order valence-electron chi connectivity index (χ0n) is 11.7. The lowest BCUT2D eigenvalue weighted by atomic mass is 10.1. The summed E-state index contributed by atoms with van der Waals surface area (Å²) < 4.78 is 10.5. The fourth-order valence-corrected chi connectivity index (χ4v) is 1.97. The number of methoxy groups -OCH3 is 2. The minimum absolute atomic E-state index is 0.0430. The first-order chi connectivity index (χ1) is 9.76. The normalized spacial score (nSPS) is 10.2. The van der Waals surface area contributed by atoms with Gasteiger partial charge in [-0.2, -0.15) is 0 Å². The van der Waals surface area contributed by atoms with E-state index in [1.54, 1.807) is 14.2 Å². The Hall–Kier alpha value is -2.20. The highest BCUT2D eigenvalue weighted by Crippen LogP contribution is 2.25. The zero-order chi connectivity index (χ0) is 14.4. The van der Waals surface area contributed by atoms with Gasteiger partial charge in [0.1, 0.15) is 11.5 Å². The van der Waals surface area contributed by atoms with Crippen LogP contribution in [0.3, 0.4) is 0 Å². The van der Waals surface area contributed by atoms with Crippen LogP contribution in [0, 0.1) is 0 Å². The Bertz CT molecular complexity index is 569. The van der Waals surface area contributed by atoms with E-state index < -0.39 is 0 Å². The van der Waals surface area contributed by atoms with E-state index in [4.69, 9.17) is 14.6 Å². The van der Waals surface area contributed by atoms with Gasteiger partial charge in [-0.3, -0.25) is 0 Å². The van der Waals surface area contributed by atoms with Crippen molar-refractivity contribution >= 4 is 5.69 Å². The Morgan fingerprint density at radius 1 is 1.05 bits per heavy atom. The predicted molar refractivity (Wildman–Crippen MR) is 79.2 cm³/mol. The van der Waals surface area contributed by atoms with Crippen molar-refractivity contribution in [2.75, 3.05) is 19.5 Å². The standard InChI is InChI=1S/C16H19NO3/c1-19-15-7-6-13(16(9-15)20-2)10-17-14-5-3-4-12(8-14)11-18/h3-9,17-18H,10-11H2,1-2H3. The summed E-state index contributed by atoms with van der Waals surface area (Å²) in [6.07, 6.45) is 0. The van der Waals surface area contributed by atoms with Crippen molar-refractivity contribution in [2.45, 2.75) is 13.2 Å². The number of rotatable bonds is 6. The van der Waals surface area contributed by atoms with Gasteiger partial charge in [-0.15, -0.1) is 0 Å². The Labute approximate surface area is 119 Å². The molecule has 4 heteroatoms. The number of aliphatic hydroxyl groups is 1. The third-order valence-corrected chi connectivity index (χ3v) is 3.09. The highest BCUT2D eigenvalue weighted by Gasteiger charge is 2.05. The topological polar surface area (TPSA) is 50.7 Å². The molecule has 0 saturated carbocycles. The molecule has 4 nitrogen and oxygen atoms in total. The van der Waals surface area contributed by atoms with Gasteiger partial charge in [-0.1, -0.05) is 12.1 Å². The maximum Gasteiger partial charge on any atom is 0.127 e. The van der Waals surface area contributed by atoms with Gasteiger partial charge in [0.25, 0.3) is 0 Å². The summed E-state index contributed by atoms with van der Waals surface area (Å²) in [5.41, 5.74) is 2.90. The number of hydrogen-bond donors (Lipinski definition) is 2. The van der Waals surface area contributed by atoms with E-state index in [0.717, 1.165) is 28.3 Å². The molecule has 0 radical (unpaired) electrons. The van der Waals surface area contributed by atoms with E-state index in [9.17, 15) is 0 Å². The van der Waals surface area contributed by atoms with Gasteiger partial charge in [0, 0.05) is 23.9 Å². The molecule has 2 N–H and O–H groups in total. The molecule has 0 bridgehead atoms. The zero-order valence-corrected chi connectivity index (χ0v) is 11.7. The van der Waals surface area contributed by atoms with Gasteiger partial charge < -0.3 is 19.9 Å². The molecule has 0 aromatic heterocycles. The molecule has 0 atom stereocenters. The SMILES string of the molecule is COc1ccc(CNc2cccc(CO)c2)c(OC)c1. The molecule has 106 valence electrons. The smallest absolute Gasteiger partial charge is 0.127 e. The van der Waals surface area contributed by atoms with Crippen molar-refractivity contribution < 1.29 is 14.6 Å². The van der Waals surface area contributed by atoms with Gasteiger partial charge in [-0.05, 0) is 29.8 Å². The van der Waals surface area contributed by atoms with Crippen LogP contribution in [0.2, 0.25) is 0 Å². The van der Waals surface area contributed by atoms with Gasteiger partial charge in [-0.25, -0.2) is 0 Å². The monoisotopic (exact) mass is 273 g/mol. The fraction of sp³-hybridized carbons (Fsp3) is 0.250. The highest BCUT2D eigenvalue weighted by molar-refractivity contribution is 5.48. The maximum absolute atomic E-state index is 9.13. The van der Waals surface area contributed by atoms with E-state index in [1.165, 1.54) is 0 Å². The number of ether oxygens (including phenoxy) is 2. The van der Waals surface area contributed by atoms with Gasteiger partial charge >= 0.3 is 0 Å². The summed E-state index contributed by atoms with van der Waals surface area (Å²) in [6.45, 7) is 0.684. The van der Waals surface area contributed by atoms with Crippen LogP contribution < -0.4 is 14.8 Å². The summed E-state index contributed by atoms with van der Waals surface area (Å²) in [4.78, 5) is 0. The van der Waals surface area contributed by atoms with Crippen molar-refractivity contribution in [1.82, 2.24) is 0 Å². The molecule has 20 heavy (non-hydrogen) atoms. The van der Waals surface area contributed by atoms with E-state index in [-0.39, 0.29) is 6.61 Å². The molecule has 0 aliphatic rings. The quantitative estimate of drug-likeness (QED) is 0.849. The molecule has 0 aliphatic carbocycles. The molecule has 0 heterocycles. The van der Waals surface area contributed by atoms with Crippen LogP contribution in [0.15, 0.2) is 42.5 Å². The van der Waals surface area contributed by atoms with Crippen LogP contribution in [0.25, 0.3) is 0 Å². The molecule has 0 saturated heterocycles. The number of anilines is 1. The molecule has 2 rings (SSSR count). The molecule has 0 unspecified atom stereocenters. The first-order valence-electron chi connectivity index (χ1n) is 6.41. The second-order valence-corrected chi connectivity index (χ2v) is 4.39. The Kier molecular flexibility index (Phi) is 4.85.